The highest BCUT2D eigenvalue weighted by atomic mass is 16.5. The summed E-state index contributed by atoms with van der Waals surface area (Å²) in [6.45, 7) is 7.78. The number of carbonyl (C=O) groups excluding carboxylic acids is 1. The number of hydrogen-bond acceptors (Lipinski definition) is 3. The van der Waals surface area contributed by atoms with Gasteiger partial charge in [0, 0.05) is 6.92 Å². The van der Waals surface area contributed by atoms with Gasteiger partial charge in [-0.25, -0.2) is 0 Å². The number of esters is 1. The molecule has 0 spiro atoms. The lowest BCUT2D eigenvalue weighted by Crippen LogP contribution is -2.09. The van der Waals surface area contributed by atoms with E-state index in [-0.39, 0.29) is 5.97 Å². The quantitative estimate of drug-likeness (QED) is 0.438. The van der Waals surface area contributed by atoms with Gasteiger partial charge < -0.3 is 9.47 Å². The first-order valence-corrected chi connectivity index (χ1v) is 5.84. The molecule has 3 heteroatoms. The van der Waals surface area contributed by atoms with Crippen LogP contribution in [0.3, 0.4) is 0 Å². The Labute approximate surface area is 108 Å². The maximum atomic E-state index is 11.1. The minimum Gasteiger partial charge on any atom is -0.501 e. The first-order valence-electron chi connectivity index (χ1n) is 5.84. The molecule has 0 bridgehead atoms. The zero-order valence-corrected chi connectivity index (χ0v) is 10.8. The van der Waals surface area contributed by atoms with Crippen LogP contribution in [0.4, 0.5) is 0 Å². The Morgan fingerprint density at radius 2 is 2.06 bits per heavy atom. The van der Waals surface area contributed by atoms with Gasteiger partial charge >= 0.3 is 5.97 Å². The zero-order chi connectivity index (χ0) is 13.4. The van der Waals surface area contributed by atoms with E-state index in [4.69, 9.17) is 9.47 Å². The normalized spacial score (nSPS) is 12.1. The molecule has 1 rings (SSSR count). The van der Waals surface area contributed by atoms with Crippen LogP contribution in [0.25, 0.3) is 0 Å². The van der Waals surface area contributed by atoms with Gasteiger partial charge in [0.15, 0.2) is 6.10 Å². The standard InChI is InChI=1S/C15H18O3/c1-4-17-11-10-12(2)15(18-13(3)16)14-8-6-5-7-9-14/h5-11,15H,2,4H2,1,3H3/b11-10-/t15-/m0/s1. The van der Waals surface area contributed by atoms with E-state index in [2.05, 4.69) is 6.58 Å². The Morgan fingerprint density at radius 3 is 2.61 bits per heavy atom. The average Bonchev–Trinajstić information content (AvgIpc) is 2.37. The highest BCUT2D eigenvalue weighted by Crippen LogP contribution is 2.25. The summed E-state index contributed by atoms with van der Waals surface area (Å²) in [6.07, 6.45) is 2.80. The molecule has 1 aromatic rings. The Hall–Kier alpha value is -2.03. The van der Waals surface area contributed by atoms with Crippen molar-refractivity contribution in [1.82, 2.24) is 0 Å². The fraction of sp³-hybridized carbons (Fsp3) is 0.267. The summed E-state index contributed by atoms with van der Waals surface area (Å²) in [4.78, 5) is 11.1. The van der Waals surface area contributed by atoms with Gasteiger partial charge in [-0.1, -0.05) is 36.9 Å². The van der Waals surface area contributed by atoms with Crippen LogP contribution in [0.1, 0.15) is 25.5 Å². The summed E-state index contributed by atoms with van der Waals surface area (Å²) >= 11 is 0. The Balaban J connectivity index is 2.85. The van der Waals surface area contributed by atoms with Crippen molar-refractivity contribution in [2.75, 3.05) is 6.61 Å². The monoisotopic (exact) mass is 246 g/mol. The van der Waals surface area contributed by atoms with Crippen molar-refractivity contribution in [3.63, 3.8) is 0 Å². The van der Waals surface area contributed by atoms with Crippen molar-refractivity contribution >= 4 is 5.97 Å². The SMILES string of the molecule is C=C(/C=C\OCC)[C@H](OC(C)=O)c1ccccc1. The Kier molecular flexibility index (Phi) is 5.71. The average molecular weight is 246 g/mol. The molecule has 0 unspecified atom stereocenters. The Bertz CT molecular complexity index is 421. The van der Waals surface area contributed by atoms with Gasteiger partial charge in [-0.15, -0.1) is 0 Å². The maximum Gasteiger partial charge on any atom is 0.303 e. The molecule has 1 atom stereocenters. The fourth-order valence-corrected chi connectivity index (χ4v) is 1.47. The Morgan fingerprint density at radius 1 is 1.39 bits per heavy atom. The van der Waals surface area contributed by atoms with Crippen LogP contribution in [0.15, 0.2) is 54.8 Å². The molecular weight excluding hydrogens is 228 g/mol. The molecule has 3 nitrogen and oxygen atoms in total. The molecule has 0 saturated carbocycles. The summed E-state index contributed by atoms with van der Waals surface area (Å²) in [5, 5.41) is 0. The molecule has 0 aliphatic carbocycles. The third-order valence-electron chi connectivity index (χ3n) is 2.27. The van der Waals surface area contributed by atoms with Crippen LogP contribution in [0.5, 0.6) is 0 Å². The lowest BCUT2D eigenvalue weighted by Gasteiger charge is -2.17. The van der Waals surface area contributed by atoms with Crippen molar-refractivity contribution in [2.45, 2.75) is 20.0 Å². The molecule has 0 aliphatic heterocycles. The maximum absolute atomic E-state index is 11.1. The van der Waals surface area contributed by atoms with Crippen molar-refractivity contribution in [2.24, 2.45) is 0 Å². The van der Waals surface area contributed by atoms with E-state index in [0.29, 0.717) is 12.2 Å². The zero-order valence-electron chi connectivity index (χ0n) is 10.8. The molecule has 0 radical (unpaired) electrons. The molecule has 1 aromatic carbocycles. The molecule has 0 aromatic heterocycles. The summed E-state index contributed by atoms with van der Waals surface area (Å²) in [6, 6.07) is 9.49. The number of ether oxygens (including phenoxy) is 2. The molecule has 0 fully saturated rings. The van der Waals surface area contributed by atoms with Gasteiger partial charge in [-0.05, 0) is 24.1 Å². The lowest BCUT2D eigenvalue weighted by molar-refractivity contribution is -0.144. The van der Waals surface area contributed by atoms with Gasteiger partial charge in [0.2, 0.25) is 0 Å². The van der Waals surface area contributed by atoms with Crippen molar-refractivity contribution < 1.29 is 14.3 Å². The second-order valence-corrected chi connectivity index (χ2v) is 3.73. The van der Waals surface area contributed by atoms with Gasteiger partial charge in [0.1, 0.15) is 0 Å². The molecule has 18 heavy (non-hydrogen) atoms. The molecule has 0 amide bonds. The van der Waals surface area contributed by atoms with E-state index in [9.17, 15) is 4.79 Å². The van der Waals surface area contributed by atoms with Crippen molar-refractivity contribution in [3.05, 3.63) is 60.4 Å². The van der Waals surface area contributed by atoms with E-state index in [0.717, 1.165) is 5.56 Å². The first-order chi connectivity index (χ1) is 8.65. The number of hydrogen-bond donors (Lipinski definition) is 0. The number of rotatable bonds is 6. The summed E-state index contributed by atoms with van der Waals surface area (Å²) in [5.41, 5.74) is 1.56. The predicted octanol–water partition coefficient (Wildman–Crippen LogP) is 3.40. The minimum atomic E-state index is -0.472. The predicted molar refractivity (Wildman–Crippen MR) is 70.9 cm³/mol. The second kappa shape index (κ2) is 7.33. The van der Waals surface area contributed by atoms with Gasteiger partial charge in [-0.2, -0.15) is 0 Å². The van der Waals surface area contributed by atoms with E-state index in [1.807, 2.05) is 37.3 Å². The number of benzene rings is 1. The molecule has 0 saturated heterocycles. The molecule has 0 heterocycles. The third-order valence-corrected chi connectivity index (χ3v) is 2.27. The highest BCUT2D eigenvalue weighted by molar-refractivity contribution is 5.67. The van der Waals surface area contributed by atoms with Crippen LogP contribution in [0, 0.1) is 0 Å². The molecule has 0 N–H and O–H groups in total. The number of carbonyl (C=O) groups is 1. The van der Waals surface area contributed by atoms with Crippen LogP contribution >= 0.6 is 0 Å². The van der Waals surface area contributed by atoms with Crippen LogP contribution in [-0.4, -0.2) is 12.6 Å². The van der Waals surface area contributed by atoms with E-state index in [1.54, 1.807) is 12.3 Å². The smallest absolute Gasteiger partial charge is 0.303 e. The van der Waals surface area contributed by atoms with Crippen LogP contribution < -0.4 is 0 Å². The lowest BCUT2D eigenvalue weighted by atomic mass is 10.0. The molecule has 0 aliphatic rings. The topological polar surface area (TPSA) is 35.5 Å². The molecular formula is C15H18O3. The van der Waals surface area contributed by atoms with Gasteiger partial charge in [-0.3, -0.25) is 4.79 Å². The fourth-order valence-electron chi connectivity index (χ4n) is 1.47. The van der Waals surface area contributed by atoms with Crippen molar-refractivity contribution in [1.29, 1.82) is 0 Å². The largest absolute Gasteiger partial charge is 0.501 e. The van der Waals surface area contributed by atoms with E-state index < -0.39 is 6.10 Å². The molecule has 96 valence electrons. The van der Waals surface area contributed by atoms with Gasteiger partial charge in [0.25, 0.3) is 0 Å². The third kappa shape index (κ3) is 4.45. The summed E-state index contributed by atoms with van der Waals surface area (Å²) < 4.78 is 10.4. The minimum absolute atomic E-state index is 0.338. The second-order valence-electron chi connectivity index (χ2n) is 3.73. The van der Waals surface area contributed by atoms with E-state index in [1.165, 1.54) is 6.92 Å². The van der Waals surface area contributed by atoms with Gasteiger partial charge in [0.05, 0.1) is 12.9 Å². The van der Waals surface area contributed by atoms with E-state index >= 15 is 0 Å². The summed E-state index contributed by atoms with van der Waals surface area (Å²) in [7, 11) is 0. The first kappa shape index (κ1) is 14.0. The van der Waals surface area contributed by atoms with Crippen LogP contribution in [-0.2, 0) is 14.3 Å². The van der Waals surface area contributed by atoms with Crippen LogP contribution in [0.2, 0.25) is 0 Å². The summed E-state index contributed by atoms with van der Waals surface area (Å²) in [5.74, 6) is -0.338. The van der Waals surface area contributed by atoms with Crippen molar-refractivity contribution in [3.8, 4) is 0 Å². The highest BCUT2D eigenvalue weighted by Gasteiger charge is 2.16.